The van der Waals surface area contributed by atoms with Crippen LogP contribution in [0.1, 0.15) is 49.3 Å². The topological polar surface area (TPSA) is 55.1 Å². The van der Waals surface area contributed by atoms with E-state index in [-0.39, 0.29) is 11.9 Å². The molecular formula is C20H25BrN2O. The molecular weight excluding hydrogens is 364 g/mol. The number of nitrogens with one attached hydrogen (secondary N) is 1. The summed E-state index contributed by atoms with van der Waals surface area (Å²) in [5, 5.41) is 3.18. The van der Waals surface area contributed by atoms with Gasteiger partial charge in [0.15, 0.2) is 0 Å². The molecule has 1 atom stereocenters. The Labute approximate surface area is 152 Å². The molecule has 2 aromatic carbocycles. The number of halogens is 1. The summed E-state index contributed by atoms with van der Waals surface area (Å²) in [5.74, 6) is 0.0968. The standard InChI is InChI=1S/C20H25BrN2O/c21-18-13-11-17(12-14-18)20(16-8-4-3-5-9-16)23-19(24)10-6-1-2-7-15-22/h3-5,8-9,11-14,20H,1-2,6-7,10,15,22H2,(H,23,24). The fourth-order valence-corrected chi connectivity index (χ4v) is 2.94. The van der Waals surface area contributed by atoms with Crippen molar-refractivity contribution in [2.75, 3.05) is 6.54 Å². The van der Waals surface area contributed by atoms with Gasteiger partial charge in [-0.3, -0.25) is 4.79 Å². The number of hydrogen-bond acceptors (Lipinski definition) is 2. The van der Waals surface area contributed by atoms with E-state index < -0.39 is 0 Å². The fourth-order valence-electron chi connectivity index (χ4n) is 2.68. The Balaban J connectivity index is 2.01. The maximum absolute atomic E-state index is 12.4. The summed E-state index contributed by atoms with van der Waals surface area (Å²) in [7, 11) is 0. The lowest BCUT2D eigenvalue weighted by Gasteiger charge is -2.20. The van der Waals surface area contributed by atoms with E-state index in [2.05, 4.69) is 21.2 Å². The lowest BCUT2D eigenvalue weighted by Crippen LogP contribution is -2.29. The number of rotatable bonds is 9. The molecule has 1 amide bonds. The summed E-state index contributed by atoms with van der Waals surface area (Å²) in [6, 6.07) is 18.1. The Hall–Kier alpha value is -1.65. The number of nitrogens with two attached hydrogens (primary N) is 1. The van der Waals surface area contributed by atoms with Crippen LogP contribution < -0.4 is 11.1 Å². The first-order valence-corrected chi connectivity index (χ1v) is 9.30. The normalized spacial score (nSPS) is 11.9. The number of hydrogen-bond donors (Lipinski definition) is 2. The Morgan fingerprint density at radius 1 is 0.917 bits per heavy atom. The van der Waals surface area contributed by atoms with Gasteiger partial charge in [-0.2, -0.15) is 0 Å². The van der Waals surface area contributed by atoms with Gasteiger partial charge in [0.1, 0.15) is 0 Å². The molecule has 0 aromatic heterocycles. The van der Waals surface area contributed by atoms with Crippen molar-refractivity contribution in [3.63, 3.8) is 0 Å². The first-order chi connectivity index (χ1) is 11.7. The second-order valence-electron chi connectivity index (χ2n) is 5.92. The summed E-state index contributed by atoms with van der Waals surface area (Å²) in [4.78, 5) is 12.4. The predicted molar refractivity (Wildman–Crippen MR) is 103 cm³/mol. The Bertz CT molecular complexity index is 613. The van der Waals surface area contributed by atoms with Crippen molar-refractivity contribution in [2.45, 2.75) is 38.1 Å². The van der Waals surface area contributed by atoms with E-state index in [0.717, 1.165) is 47.8 Å². The van der Waals surface area contributed by atoms with E-state index in [0.29, 0.717) is 6.42 Å². The van der Waals surface area contributed by atoms with Crippen LogP contribution in [0.15, 0.2) is 59.1 Å². The number of amides is 1. The van der Waals surface area contributed by atoms with Gasteiger partial charge >= 0.3 is 0 Å². The van der Waals surface area contributed by atoms with Crippen LogP contribution in [0.25, 0.3) is 0 Å². The maximum Gasteiger partial charge on any atom is 0.220 e. The second-order valence-corrected chi connectivity index (χ2v) is 6.83. The summed E-state index contributed by atoms with van der Waals surface area (Å²) < 4.78 is 1.03. The average molecular weight is 389 g/mol. The highest BCUT2D eigenvalue weighted by molar-refractivity contribution is 9.10. The van der Waals surface area contributed by atoms with Crippen LogP contribution in [0.3, 0.4) is 0 Å². The van der Waals surface area contributed by atoms with Crippen molar-refractivity contribution in [3.05, 3.63) is 70.2 Å². The number of unbranched alkanes of at least 4 members (excludes halogenated alkanes) is 3. The van der Waals surface area contributed by atoms with Gasteiger partial charge in [0.2, 0.25) is 5.91 Å². The Morgan fingerprint density at radius 2 is 1.54 bits per heavy atom. The van der Waals surface area contributed by atoms with Gasteiger partial charge in [-0.05, 0) is 42.6 Å². The molecule has 2 rings (SSSR count). The minimum Gasteiger partial charge on any atom is -0.345 e. The third-order valence-electron chi connectivity index (χ3n) is 4.00. The minimum atomic E-state index is -0.115. The number of carbonyl (C=O) groups is 1. The highest BCUT2D eigenvalue weighted by Crippen LogP contribution is 2.24. The van der Waals surface area contributed by atoms with Gasteiger partial charge in [-0.1, -0.05) is 71.2 Å². The van der Waals surface area contributed by atoms with E-state index in [1.807, 2.05) is 54.6 Å². The molecule has 2 aromatic rings. The van der Waals surface area contributed by atoms with Crippen molar-refractivity contribution in [3.8, 4) is 0 Å². The van der Waals surface area contributed by atoms with Gasteiger partial charge in [-0.15, -0.1) is 0 Å². The van der Waals surface area contributed by atoms with Crippen LogP contribution >= 0.6 is 15.9 Å². The zero-order chi connectivity index (χ0) is 17.2. The molecule has 3 nitrogen and oxygen atoms in total. The van der Waals surface area contributed by atoms with Gasteiger partial charge in [0.05, 0.1) is 6.04 Å². The van der Waals surface area contributed by atoms with Gasteiger partial charge < -0.3 is 11.1 Å². The van der Waals surface area contributed by atoms with Crippen LogP contribution in [0.2, 0.25) is 0 Å². The molecule has 4 heteroatoms. The lowest BCUT2D eigenvalue weighted by molar-refractivity contribution is -0.121. The molecule has 24 heavy (non-hydrogen) atoms. The molecule has 0 radical (unpaired) electrons. The van der Waals surface area contributed by atoms with Crippen molar-refractivity contribution in [1.29, 1.82) is 0 Å². The van der Waals surface area contributed by atoms with Crippen molar-refractivity contribution in [2.24, 2.45) is 5.73 Å². The summed E-state index contributed by atoms with van der Waals surface area (Å²) in [5.41, 5.74) is 7.67. The van der Waals surface area contributed by atoms with E-state index in [9.17, 15) is 4.79 Å². The van der Waals surface area contributed by atoms with E-state index in [1.54, 1.807) is 0 Å². The molecule has 0 fully saturated rings. The van der Waals surface area contributed by atoms with Crippen LogP contribution in [-0.2, 0) is 4.79 Å². The maximum atomic E-state index is 12.4. The van der Waals surface area contributed by atoms with Crippen LogP contribution in [-0.4, -0.2) is 12.5 Å². The quantitative estimate of drug-likeness (QED) is 0.618. The van der Waals surface area contributed by atoms with E-state index in [4.69, 9.17) is 5.73 Å². The zero-order valence-corrected chi connectivity index (χ0v) is 15.5. The molecule has 1 unspecified atom stereocenters. The monoisotopic (exact) mass is 388 g/mol. The SMILES string of the molecule is NCCCCCCC(=O)NC(c1ccccc1)c1ccc(Br)cc1. The Kier molecular flexibility index (Phi) is 7.99. The van der Waals surface area contributed by atoms with Gasteiger partial charge in [-0.25, -0.2) is 0 Å². The Morgan fingerprint density at radius 3 is 2.21 bits per heavy atom. The third kappa shape index (κ3) is 6.10. The molecule has 3 N–H and O–H groups in total. The van der Waals surface area contributed by atoms with Crippen LogP contribution in [0, 0.1) is 0 Å². The van der Waals surface area contributed by atoms with Crippen molar-refractivity contribution >= 4 is 21.8 Å². The molecule has 0 saturated heterocycles. The predicted octanol–water partition coefficient (Wildman–Crippen LogP) is 4.56. The van der Waals surface area contributed by atoms with Crippen molar-refractivity contribution < 1.29 is 4.79 Å². The lowest BCUT2D eigenvalue weighted by atomic mass is 9.98. The molecule has 0 aliphatic heterocycles. The minimum absolute atomic E-state index is 0.0968. The number of carbonyl (C=O) groups excluding carboxylic acids is 1. The average Bonchev–Trinajstić information content (AvgIpc) is 2.61. The summed E-state index contributed by atoms with van der Waals surface area (Å²) >= 11 is 3.46. The molecule has 0 saturated carbocycles. The second kappa shape index (κ2) is 10.3. The first kappa shape index (κ1) is 18.7. The fraction of sp³-hybridized carbons (Fsp3) is 0.350. The molecule has 0 aliphatic carbocycles. The van der Waals surface area contributed by atoms with Crippen molar-refractivity contribution in [1.82, 2.24) is 5.32 Å². The summed E-state index contributed by atoms with van der Waals surface area (Å²) in [6.07, 6.45) is 4.66. The highest BCUT2D eigenvalue weighted by atomic mass is 79.9. The zero-order valence-electron chi connectivity index (χ0n) is 13.9. The first-order valence-electron chi connectivity index (χ1n) is 8.50. The third-order valence-corrected chi connectivity index (χ3v) is 4.53. The van der Waals surface area contributed by atoms with E-state index in [1.165, 1.54) is 0 Å². The number of benzene rings is 2. The smallest absolute Gasteiger partial charge is 0.220 e. The van der Waals surface area contributed by atoms with Crippen LogP contribution in [0.5, 0.6) is 0 Å². The van der Waals surface area contributed by atoms with Gasteiger partial charge in [0, 0.05) is 10.9 Å². The largest absolute Gasteiger partial charge is 0.345 e. The molecule has 0 spiro atoms. The summed E-state index contributed by atoms with van der Waals surface area (Å²) in [6.45, 7) is 0.728. The molecule has 0 aliphatic rings. The molecule has 0 bridgehead atoms. The van der Waals surface area contributed by atoms with E-state index >= 15 is 0 Å². The molecule has 0 heterocycles. The van der Waals surface area contributed by atoms with Gasteiger partial charge in [0.25, 0.3) is 0 Å². The van der Waals surface area contributed by atoms with Crippen LogP contribution in [0.4, 0.5) is 0 Å². The molecule has 128 valence electrons. The highest BCUT2D eigenvalue weighted by Gasteiger charge is 2.16.